The Hall–Kier alpha value is -8.82. The third kappa shape index (κ3) is 41.2. The number of amides is 9. The fourth-order valence-electron chi connectivity index (χ4n) is 11.9. The molecule has 0 radical (unpaired) electrons. The van der Waals surface area contributed by atoms with Gasteiger partial charge < -0.3 is 311 Å². The first kappa shape index (κ1) is 134. The van der Waals surface area contributed by atoms with Crippen molar-refractivity contribution < 1.29 is 312 Å². The van der Waals surface area contributed by atoms with Gasteiger partial charge in [0, 0.05) is 70.4 Å². The van der Waals surface area contributed by atoms with Crippen LogP contribution in [0.3, 0.4) is 0 Å². The second-order valence-corrected chi connectivity index (χ2v) is 30.6. The zero-order valence-corrected chi connectivity index (χ0v) is 78.4. The number of hydrogen-bond donors (Lipinski definition) is 43. The molecule has 42 unspecified atom stereocenters. The van der Waals surface area contributed by atoms with E-state index in [0.717, 1.165) is 6.92 Å². The molecule has 0 aromatic rings. The summed E-state index contributed by atoms with van der Waals surface area (Å²) in [6.45, 7) is -4.15. The zero-order valence-electron chi connectivity index (χ0n) is 78.4. The summed E-state index contributed by atoms with van der Waals surface area (Å²) in [4.78, 5) is 109. The van der Waals surface area contributed by atoms with Gasteiger partial charge in [-0.25, -0.2) is 43.2 Å². The topological polar surface area (TPSA) is 1140 Å². The van der Waals surface area contributed by atoms with Crippen molar-refractivity contribution in [1.82, 2.24) is 47.9 Å². The molecule has 72 heteroatoms. The maximum Gasteiger partial charge on any atom is 0.409 e. The van der Waals surface area contributed by atoms with Crippen molar-refractivity contribution in [2.24, 2.45) is 0 Å². The first-order valence-corrected chi connectivity index (χ1v) is 42.5. The maximum atomic E-state index is 11.3. The van der Waals surface area contributed by atoms with Crippen LogP contribution < -0.4 is 47.9 Å². The normalized spacial score (nSPS) is 38.4. The Morgan fingerprint density at radius 3 is 0.828 bits per heavy atom. The largest absolute Gasteiger partial charge is 0.452 e. The van der Waals surface area contributed by atoms with Crippen LogP contribution in [0.15, 0.2) is 0 Å². The van der Waals surface area contributed by atoms with E-state index in [-0.39, 0.29) is 33.0 Å². The van der Waals surface area contributed by atoms with Crippen molar-refractivity contribution in [3.05, 3.63) is 0 Å². The van der Waals surface area contributed by atoms with Crippen LogP contribution in [0, 0.1) is 0 Å². The molecule has 9 aliphatic rings. The van der Waals surface area contributed by atoms with Gasteiger partial charge in [0.25, 0.3) is 5.79 Å². The Morgan fingerprint density at radius 2 is 0.538 bits per heavy atom. The number of esters is 1. The molecule has 0 aromatic carbocycles. The van der Waals surface area contributed by atoms with Crippen molar-refractivity contribution >= 4 is 60.8 Å². The third-order valence-electron chi connectivity index (χ3n) is 20.4. The van der Waals surface area contributed by atoms with E-state index in [4.69, 9.17) is 108 Å². The molecule has 72 nitrogen and oxygen atoms in total. The number of hydrogen-bond acceptors (Lipinski definition) is 63. The van der Waals surface area contributed by atoms with Gasteiger partial charge in [0.1, 0.15) is 228 Å². The van der Waals surface area contributed by atoms with Gasteiger partial charge in [-0.2, -0.15) is 0 Å². The molecule has 0 spiro atoms. The van der Waals surface area contributed by atoms with Crippen molar-refractivity contribution in [2.45, 2.75) is 264 Å². The van der Waals surface area contributed by atoms with Gasteiger partial charge in [0.05, 0.1) is 39.6 Å². The average molecular weight is 2150 g/mol. The molecule has 0 aromatic heterocycles. The minimum absolute atomic E-state index is 0.195. The van der Waals surface area contributed by atoms with Crippen molar-refractivity contribution in [3.8, 4) is 0 Å². The maximum absolute atomic E-state index is 11.3. The molecule has 9 fully saturated rings. The average Bonchev–Trinajstić information content (AvgIpc) is 0.772. The Kier molecular flexibility index (Phi) is 61.0. The third-order valence-corrected chi connectivity index (χ3v) is 20.4. The smallest absolute Gasteiger partial charge is 0.409 e. The van der Waals surface area contributed by atoms with Gasteiger partial charge in [-0.1, -0.05) is 0 Å². The zero-order chi connectivity index (χ0) is 111. The van der Waals surface area contributed by atoms with Crippen LogP contribution in [0.2, 0.25) is 0 Å². The Morgan fingerprint density at radius 1 is 0.276 bits per heavy atom. The molecule has 9 rings (SSSR count). The van der Waals surface area contributed by atoms with Crippen LogP contribution in [0.25, 0.3) is 0 Å². The van der Waals surface area contributed by atoms with Gasteiger partial charge in [-0.05, 0) is 0 Å². The highest BCUT2D eigenvalue weighted by Gasteiger charge is 2.57. The molecule has 9 heterocycles. The number of rotatable bonds is 18. The minimum Gasteiger partial charge on any atom is -0.452 e. The van der Waals surface area contributed by atoms with E-state index in [1.54, 1.807) is 0 Å². The van der Waals surface area contributed by atoms with Crippen molar-refractivity contribution in [1.29, 1.82) is 0 Å². The Labute approximate surface area is 818 Å². The summed E-state index contributed by atoms with van der Waals surface area (Å²) in [6, 6.07) is 0. The predicted molar refractivity (Wildman–Crippen MR) is 447 cm³/mol. The molecule has 0 saturated carbocycles. The standard InChI is InChI=1S/C10H17NO8.7C8H15NO7.C7H13NO6/c1-5(13)18-8-7(15)6(14)3-17-10(8,4-12)19-9(16)11-2;1-9-7(13)15-3-8(14)6(12)5(11)4(10)2-16-8;3*1-9-8(14)15-2-3-4(10)5(11)6(12)7(13)16-3;3*1-9-8(14)16-7-6(13)5(12)4(11)3(2-10)15-7;1-8-7(12)14-6-5(11)4(10)3(9)2-13-6/h6-8,12,14-15H,3-4H2,1-2H3,(H,11,16);4-6,10-12,14H,2-3H2,1H3,(H,9,13);6*3-7,10-13H,2H2,1H3,(H,9,14);3-6,9-11H,2H2,1H3,(H,8,12). The quantitative estimate of drug-likeness (QED) is 0.0448. The predicted octanol–water partition coefficient (Wildman–Crippen LogP) is -24.5. The van der Waals surface area contributed by atoms with Crippen molar-refractivity contribution in [2.75, 3.05) is 136 Å². The Bertz CT molecular complexity index is 3510. The molecule has 42 atom stereocenters. The van der Waals surface area contributed by atoms with E-state index in [9.17, 15) is 165 Å². The van der Waals surface area contributed by atoms with Crippen LogP contribution in [0.4, 0.5) is 43.2 Å². The van der Waals surface area contributed by atoms with Crippen LogP contribution in [-0.2, 0) is 94.8 Å². The van der Waals surface area contributed by atoms with E-state index >= 15 is 0 Å². The Balaban J connectivity index is 0.000000816. The van der Waals surface area contributed by atoms with Crippen LogP contribution in [0.5, 0.6) is 0 Å². The summed E-state index contributed by atoms with van der Waals surface area (Å²) < 4.78 is 89.9. The summed E-state index contributed by atoms with van der Waals surface area (Å²) in [5, 5.41) is 336. The van der Waals surface area contributed by atoms with E-state index < -0.39 is 357 Å². The van der Waals surface area contributed by atoms with E-state index in [2.05, 4.69) is 85.7 Å². The molecule has 145 heavy (non-hydrogen) atoms. The number of carbonyl (C=O) groups excluding carboxylic acids is 10. The summed E-state index contributed by atoms with van der Waals surface area (Å²) in [7, 11) is 12.0. The highest BCUT2D eigenvalue weighted by Crippen LogP contribution is 2.33. The molecular formula is C73H135N9O63. The minimum atomic E-state index is -2.22. The number of ether oxygens (including phenoxy) is 19. The number of aliphatic hydroxyl groups is 34. The highest BCUT2D eigenvalue weighted by molar-refractivity contribution is 5.70. The second kappa shape index (κ2) is 65.9. The molecule has 850 valence electrons. The second-order valence-electron chi connectivity index (χ2n) is 30.6. The lowest BCUT2D eigenvalue weighted by Crippen LogP contribution is -2.66. The lowest BCUT2D eigenvalue weighted by molar-refractivity contribution is -0.330. The SMILES string of the molecule is CNC(=O)OC1(CO)OCC(O)C(O)C1OC(C)=O.CNC(=O)OC1OC(CO)C(O)C(O)C1O.CNC(=O)OC1OC(CO)C(O)C(O)C1O.CNC(=O)OC1OC(CO)C(O)C(O)C1O.CNC(=O)OC1OCC(O)C(O)C1O.CNC(=O)OCC1(O)OCC(O)C(O)C1O.CNC(=O)OCC1OC(O)C(O)C(O)C1O.CNC(=O)OCC1OC(O)C(O)C(O)C1O.CNC(=O)OCC1OC(O)C(O)C(O)C1O. The van der Waals surface area contributed by atoms with Gasteiger partial charge >= 0.3 is 60.8 Å². The first-order valence-electron chi connectivity index (χ1n) is 42.5. The number of carbonyl (C=O) groups is 10. The van der Waals surface area contributed by atoms with Gasteiger partial charge in [-0.3, -0.25) is 4.79 Å². The summed E-state index contributed by atoms with van der Waals surface area (Å²) in [6.07, 6.45) is -64.9. The molecule has 43 N–H and O–H groups in total. The molecule has 0 aliphatic carbocycles. The summed E-state index contributed by atoms with van der Waals surface area (Å²) in [5.74, 6) is -5.07. The van der Waals surface area contributed by atoms with Crippen LogP contribution >= 0.6 is 0 Å². The molecule has 9 amide bonds. The monoisotopic (exact) mass is 2150 g/mol. The highest BCUT2D eigenvalue weighted by atomic mass is 16.8. The van der Waals surface area contributed by atoms with E-state index in [1.807, 2.05) is 0 Å². The molecule has 9 aliphatic heterocycles. The van der Waals surface area contributed by atoms with Gasteiger partial charge in [-0.15, -0.1) is 0 Å². The number of alkyl carbamates (subject to hydrolysis) is 9. The lowest BCUT2D eigenvalue weighted by Gasteiger charge is -2.44. The fourth-order valence-corrected chi connectivity index (χ4v) is 11.9. The molecule has 0 bridgehead atoms. The van der Waals surface area contributed by atoms with Gasteiger partial charge in [0.15, 0.2) is 25.0 Å². The van der Waals surface area contributed by atoms with Gasteiger partial charge in [0.2, 0.25) is 30.9 Å². The first-order chi connectivity index (χ1) is 67.7. The van der Waals surface area contributed by atoms with Crippen LogP contribution in [-0.4, -0.2) is 628 Å². The number of aliphatic hydroxyl groups excluding tert-OH is 33. The van der Waals surface area contributed by atoms with Crippen molar-refractivity contribution in [3.63, 3.8) is 0 Å². The van der Waals surface area contributed by atoms with E-state index in [0.29, 0.717) is 0 Å². The number of nitrogens with one attached hydrogen (secondary N) is 9. The molecule has 9 saturated heterocycles. The molecular weight excluding hydrogens is 2010 g/mol. The van der Waals surface area contributed by atoms with E-state index in [1.165, 1.54) is 63.4 Å². The summed E-state index contributed by atoms with van der Waals surface area (Å²) >= 11 is 0. The van der Waals surface area contributed by atoms with Crippen LogP contribution in [0.1, 0.15) is 6.92 Å². The summed E-state index contributed by atoms with van der Waals surface area (Å²) in [5.41, 5.74) is 0. The lowest BCUT2D eigenvalue weighted by atomic mass is 9.97. The fraction of sp³-hybridized carbons (Fsp3) is 0.863.